The zero-order valence-electron chi connectivity index (χ0n) is 14.9. The second kappa shape index (κ2) is 6.12. The summed E-state index contributed by atoms with van der Waals surface area (Å²) in [5, 5.41) is 0. The van der Waals surface area contributed by atoms with Gasteiger partial charge in [0.25, 0.3) is 0 Å². The van der Waals surface area contributed by atoms with Crippen molar-refractivity contribution < 1.29 is 0 Å². The van der Waals surface area contributed by atoms with Crippen molar-refractivity contribution in [2.45, 2.75) is 65.2 Å². The number of likely N-dealkylation sites (tertiary alicyclic amines) is 1. The molecule has 0 aromatic heterocycles. The summed E-state index contributed by atoms with van der Waals surface area (Å²) in [6, 6.07) is 9.31. The van der Waals surface area contributed by atoms with Crippen LogP contribution < -0.4 is 0 Å². The Hall–Kier alpha value is -0.820. The maximum absolute atomic E-state index is 2.66. The van der Waals surface area contributed by atoms with Crippen LogP contribution in [0.3, 0.4) is 0 Å². The first-order valence-corrected chi connectivity index (χ1v) is 8.56. The largest absolute Gasteiger partial charge is 0.302 e. The second-order valence-corrected chi connectivity index (χ2v) is 8.51. The van der Waals surface area contributed by atoms with Gasteiger partial charge in [-0.05, 0) is 35.4 Å². The maximum atomic E-state index is 2.66. The minimum absolute atomic E-state index is 0.235. The van der Waals surface area contributed by atoms with E-state index in [1.807, 2.05) is 0 Å². The van der Waals surface area contributed by atoms with E-state index in [0.29, 0.717) is 0 Å². The van der Waals surface area contributed by atoms with E-state index < -0.39 is 0 Å². The minimum Gasteiger partial charge on any atom is -0.302 e. The number of hydrogen-bond acceptors (Lipinski definition) is 1. The molecule has 1 heterocycles. The first-order chi connectivity index (χ1) is 9.72. The molecule has 1 aromatic carbocycles. The van der Waals surface area contributed by atoms with Gasteiger partial charge in [0.15, 0.2) is 0 Å². The van der Waals surface area contributed by atoms with Crippen molar-refractivity contribution in [3.05, 3.63) is 35.4 Å². The topological polar surface area (TPSA) is 3.24 Å². The number of hydrogen-bond donors (Lipinski definition) is 0. The average molecular weight is 287 g/mol. The van der Waals surface area contributed by atoms with Gasteiger partial charge in [-0.2, -0.15) is 0 Å². The molecule has 1 fully saturated rings. The van der Waals surface area contributed by atoms with Gasteiger partial charge in [-0.1, -0.05) is 72.2 Å². The van der Waals surface area contributed by atoms with E-state index in [-0.39, 0.29) is 10.8 Å². The van der Waals surface area contributed by atoms with Crippen LogP contribution in [0.4, 0.5) is 0 Å². The van der Waals surface area contributed by atoms with Gasteiger partial charge in [0, 0.05) is 18.5 Å². The summed E-state index contributed by atoms with van der Waals surface area (Å²) < 4.78 is 0. The number of rotatable bonds is 4. The third-order valence-electron chi connectivity index (χ3n) is 5.10. The molecule has 21 heavy (non-hydrogen) atoms. The van der Waals surface area contributed by atoms with Crippen molar-refractivity contribution in [3.63, 3.8) is 0 Å². The van der Waals surface area contributed by atoms with Crippen LogP contribution in [0, 0.1) is 5.92 Å². The van der Waals surface area contributed by atoms with Gasteiger partial charge in [0.2, 0.25) is 0 Å². The van der Waals surface area contributed by atoms with Crippen LogP contribution in [0.15, 0.2) is 24.3 Å². The molecule has 1 saturated heterocycles. The quantitative estimate of drug-likeness (QED) is 0.754. The van der Waals surface area contributed by atoms with Gasteiger partial charge >= 0.3 is 0 Å². The Bertz CT molecular complexity index is 450. The van der Waals surface area contributed by atoms with Crippen LogP contribution in [-0.2, 0) is 10.8 Å². The molecule has 1 aromatic rings. The number of benzene rings is 1. The van der Waals surface area contributed by atoms with E-state index in [0.717, 1.165) is 5.92 Å². The van der Waals surface area contributed by atoms with Gasteiger partial charge in [-0.15, -0.1) is 0 Å². The lowest BCUT2D eigenvalue weighted by Crippen LogP contribution is -2.35. The highest BCUT2D eigenvalue weighted by Gasteiger charge is 2.28. The van der Waals surface area contributed by atoms with Crippen LogP contribution in [0.2, 0.25) is 0 Å². The van der Waals surface area contributed by atoms with Gasteiger partial charge in [0.1, 0.15) is 0 Å². The number of nitrogens with zero attached hydrogens (tertiary/aromatic N) is 1. The smallest absolute Gasteiger partial charge is 0.00734 e. The lowest BCUT2D eigenvalue weighted by molar-refractivity contribution is 0.259. The molecular weight excluding hydrogens is 254 g/mol. The molecule has 1 atom stereocenters. The Labute approximate surface area is 131 Å². The molecule has 0 N–H and O–H groups in total. The summed E-state index contributed by atoms with van der Waals surface area (Å²) in [5.74, 6) is 0.920. The third kappa shape index (κ3) is 4.10. The summed E-state index contributed by atoms with van der Waals surface area (Å²) in [6.45, 7) is 17.7. The molecule has 1 heteroatoms. The lowest BCUT2D eigenvalue weighted by Gasteiger charge is -2.31. The van der Waals surface area contributed by atoms with Gasteiger partial charge < -0.3 is 4.90 Å². The molecule has 1 aliphatic rings. The van der Waals surface area contributed by atoms with E-state index in [2.05, 4.69) is 70.7 Å². The first kappa shape index (κ1) is 16.5. The van der Waals surface area contributed by atoms with Gasteiger partial charge in [0.05, 0.1) is 0 Å². The molecule has 0 amide bonds. The van der Waals surface area contributed by atoms with E-state index in [1.165, 1.54) is 43.6 Å². The molecule has 1 aliphatic heterocycles. The highest BCUT2D eigenvalue weighted by molar-refractivity contribution is 5.31. The summed E-state index contributed by atoms with van der Waals surface area (Å²) in [4.78, 5) is 2.66. The zero-order chi connectivity index (χ0) is 15.7. The van der Waals surface area contributed by atoms with E-state index in [4.69, 9.17) is 0 Å². The standard InChI is InChI=1S/C20H33N/c1-7-16-12-13-21(14-16)15-20(5,6)18-10-8-17(9-11-18)19(2,3)4/h8-11,16H,7,12-15H2,1-6H3/t16-/m1/s1. The molecule has 0 spiro atoms. The zero-order valence-corrected chi connectivity index (χ0v) is 14.9. The van der Waals surface area contributed by atoms with Crippen LogP contribution in [0.25, 0.3) is 0 Å². The van der Waals surface area contributed by atoms with Crippen LogP contribution >= 0.6 is 0 Å². The maximum Gasteiger partial charge on any atom is 0.00734 e. The highest BCUT2D eigenvalue weighted by Crippen LogP contribution is 2.30. The fraction of sp³-hybridized carbons (Fsp3) is 0.700. The minimum atomic E-state index is 0.235. The summed E-state index contributed by atoms with van der Waals surface area (Å²) in [5.41, 5.74) is 3.37. The molecule has 2 rings (SSSR count). The van der Waals surface area contributed by atoms with Crippen LogP contribution in [-0.4, -0.2) is 24.5 Å². The Morgan fingerprint density at radius 2 is 1.57 bits per heavy atom. The molecule has 0 bridgehead atoms. The molecule has 0 unspecified atom stereocenters. The van der Waals surface area contributed by atoms with Gasteiger partial charge in [-0.25, -0.2) is 0 Å². The van der Waals surface area contributed by atoms with E-state index in [1.54, 1.807) is 0 Å². The molecule has 1 nitrogen and oxygen atoms in total. The third-order valence-corrected chi connectivity index (χ3v) is 5.10. The Morgan fingerprint density at radius 1 is 1.00 bits per heavy atom. The Kier molecular flexibility index (Phi) is 4.82. The van der Waals surface area contributed by atoms with Crippen molar-refractivity contribution in [2.24, 2.45) is 5.92 Å². The summed E-state index contributed by atoms with van der Waals surface area (Å²) in [6.07, 6.45) is 2.72. The predicted octanol–water partition coefficient (Wildman–Crippen LogP) is 4.99. The van der Waals surface area contributed by atoms with Crippen molar-refractivity contribution in [3.8, 4) is 0 Å². The predicted molar refractivity (Wildman–Crippen MR) is 93.0 cm³/mol. The molecular formula is C20H33N. The Morgan fingerprint density at radius 3 is 2.05 bits per heavy atom. The second-order valence-electron chi connectivity index (χ2n) is 8.51. The van der Waals surface area contributed by atoms with Crippen molar-refractivity contribution in [1.82, 2.24) is 4.90 Å². The van der Waals surface area contributed by atoms with Gasteiger partial charge in [-0.3, -0.25) is 0 Å². The van der Waals surface area contributed by atoms with Crippen molar-refractivity contribution >= 4 is 0 Å². The monoisotopic (exact) mass is 287 g/mol. The summed E-state index contributed by atoms with van der Waals surface area (Å²) in [7, 11) is 0. The van der Waals surface area contributed by atoms with Crippen LogP contribution in [0.1, 0.15) is 65.5 Å². The van der Waals surface area contributed by atoms with E-state index >= 15 is 0 Å². The average Bonchev–Trinajstić information content (AvgIpc) is 2.85. The normalized spacial score (nSPS) is 21.0. The van der Waals surface area contributed by atoms with Crippen molar-refractivity contribution in [2.75, 3.05) is 19.6 Å². The molecule has 118 valence electrons. The first-order valence-electron chi connectivity index (χ1n) is 8.56. The molecule has 0 aliphatic carbocycles. The fourth-order valence-corrected chi connectivity index (χ4v) is 3.46. The highest BCUT2D eigenvalue weighted by atomic mass is 15.1. The van der Waals surface area contributed by atoms with Crippen molar-refractivity contribution in [1.29, 1.82) is 0 Å². The summed E-state index contributed by atoms with van der Waals surface area (Å²) >= 11 is 0. The van der Waals surface area contributed by atoms with Crippen LogP contribution in [0.5, 0.6) is 0 Å². The lowest BCUT2D eigenvalue weighted by atomic mass is 9.81. The SMILES string of the molecule is CC[C@@H]1CCN(CC(C)(C)c2ccc(C(C)(C)C)cc2)C1. The fourth-order valence-electron chi connectivity index (χ4n) is 3.46. The molecule has 0 radical (unpaired) electrons. The van der Waals surface area contributed by atoms with E-state index in [9.17, 15) is 0 Å². The molecule has 0 saturated carbocycles. The Balaban J connectivity index is 2.05.